The van der Waals surface area contributed by atoms with Crippen LogP contribution >= 0.6 is 0 Å². The van der Waals surface area contributed by atoms with Gasteiger partial charge in [-0.15, -0.1) is 0 Å². The van der Waals surface area contributed by atoms with E-state index in [1.54, 1.807) is 17.3 Å². The van der Waals surface area contributed by atoms with Crippen molar-refractivity contribution in [3.63, 3.8) is 0 Å². The second-order valence-electron chi connectivity index (χ2n) is 7.37. The predicted molar refractivity (Wildman–Crippen MR) is 99.0 cm³/mol. The zero-order chi connectivity index (χ0) is 18.2. The summed E-state index contributed by atoms with van der Waals surface area (Å²) in [7, 11) is 0. The molecule has 1 aliphatic carbocycles. The molecule has 1 amide bonds. The Labute approximate surface area is 155 Å². The number of nitriles is 1. The summed E-state index contributed by atoms with van der Waals surface area (Å²) in [5.41, 5.74) is 0. The van der Waals surface area contributed by atoms with Crippen molar-refractivity contribution in [3.05, 3.63) is 18.5 Å². The molecule has 2 N–H and O–H groups in total. The topological polar surface area (TPSA) is 93.9 Å². The van der Waals surface area contributed by atoms with Crippen LogP contribution in [-0.2, 0) is 4.79 Å². The predicted octanol–water partition coefficient (Wildman–Crippen LogP) is 2.29. The molecule has 140 valence electrons. The van der Waals surface area contributed by atoms with E-state index < -0.39 is 0 Å². The Morgan fingerprint density at radius 1 is 1.08 bits per heavy atom. The van der Waals surface area contributed by atoms with Gasteiger partial charge in [0.15, 0.2) is 6.19 Å². The quantitative estimate of drug-likeness (QED) is 0.804. The lowest BCUT2D eigenvalue weighted by Crippen LogP contribution is -2.40. The summed E-state index contributed by atoms with van der Waals surface area (Å²) in [6.07, 6.45) is 13.7. The lowest BCUT2D eigenvalue weighted by atomic mass is 9.95. The van der Waals surface area contributed by atoms with Gasteiger partial charge in [0.05, 0.1) is 0 Å². The highest BCUT2D eigenvalue weighted by molar-refractivity contribution is 5.79. The van der Waals surface area contributed by atoms with Gasteiger partial charge in [-0.2, -0.15) is 5.26 Å². The first kappa shape index (κ1) is 18.4. The normalized spacial score (nSPS) is 26.9. The van der Waals surface area contributed by atoms with E-state index in [2.05, 4.69) is 26.8 Å². The first-order chi connectivity index (χ1) is 12.7. The number of rotatable bonds is 4. The number of amides is 1. The van der Waals surface area contributed by atoms with E-state index in [0.717, 1.165) is 57.9 Å². The van der Waals surface area contributed by atoms with Gasteiger partial charge in [-0.3, -0.25) is 4.79 Å². The van der Waals surface area contributed by atoms with Crippen LogP contribution in [0.25, 0.3) is 0 Å². The Kier molecular flexibility index (Phi) is 6.64. The van der Waals surface area contributed by atoms with Gasteiger partial charge in [0.25, 0.3) is 0 Å². The van der Waals surface area contributed by atoms with E-state index in [1.807, 2.05) is 6.07 Å². The van der Waals surface area contributed by atoms with Crippen molar-refractivity contribution >= 4 is 11.9 Å². The number of carbonyl (C=O) groups excluding carboxylic acids is 1. The summed E-state index contributed by atoms with van der Waals surface area (Å²) >= 11 is 0. The zero-order valence-corrected chi connectivity index (χ0v) is 15.2. The van der Waals surface area contributed by atoms with E-state index in [4.69, 9.17) is 5.26 Å². The van der Waals surface area contributed by atoms with E-state index in [0.29, 0.717) is 18.5 Å². The monoisotopic (exact) mass is 356 g/mol. The summed E-state index contributed by atoms with van der Waals surface area (Å²) in [6.45, 7) is 1.40. The number of nitrogens with zero attached hydrogens (tertiary/aromatic N) is 4. The SMILES string of the molecule is N#CN1CC[C@@H](NC(=O)C2CCCCC(Nc3ncccn3)CCC2)C1. The van der Waals surface area contributed by atoms with Gasteiger partial charge in [0, 0.05) is 43.5 Å². The molecule has 26 heavy (non-hydrogen) atoms. The fourth-order valence-electron chi connectivity index (χ4n) is 3.93. The first-order valence-corrected chi connectivity index (χ1v) is 9.73. The molecular formula is C19H28N6O. The molecule has 2 heterocycles. The number of likely N-dealkylation sites (tertiary alicyclic amines) is 1. The zero-order valence-electron chi connectivity index (χ0n) is 15.2. The third kappa shape index (κ3) is 5.32. The average Bonchev–Trinajstić information content (AvgIpc) is 3.14. The fraction of sp³-hybridized carbons (Fsp3) is 0.684. The Morgan fingerprint density at radius 2 is 1.81 bits per heavy atom. The summed E-state index contributed by atoms with van der Waals surface area (Å²) < 4.78 is 0. The van der Waals surface area contributed by atoms with Gasteiger partial charge in [-0.1, -0.05) is 19.3 Å². The van der Waals surface area contributed by atoms with Crippen LogP contribution in [0.5, 0.6) is 0 Å². The van der Waals surface area contributed by atoms with Crippen LogP contribution in [0.1, 0.15) is 51.4 Å². The van der Waals surface area contributed by atoms with Crippen molar-refractivity contribution in [2.75, 3.05) is 18.4 Å². The second-order valence-corrected chi connectivity index (χ2v) is 7.37. The van der Waals surface area contributed by atoms with E-state index in [-0.39, 0.29) is 17.9 Å². The van der Waals surface area contributed by atoms with Crippen molar-refractivity contribution < 1.29 is 4.79 Å². The Morgan fingerprint density at radius 3 is 2.58 bits per heavy atom. The summed E-state index contributed by atoms with van der Waals surface area (Å²) in [5.74, 6) is 0.958. The summed E-state index contributed by atoms with van der Waals surface area (Å²) in [5, 5.41) is 15.5. The minimum Gasteiger partial charge on any atom is -0.351 e. The van der Waals surface area contributed by atoms with Crippen LogP contribution < -0.4 is 10.6 Å². The van der Waals surface area contributed by atoms with Crippen LogP contribution in [0.2, 0.25) is 0 Å². The molecule has 0 bridgehead atoms. The number of nitrogens with one attached hydrogen (secondary N) is 2. The maximum atomic E-state index is 12.7. The van der Waals surface area contributed by atoms with Crippen molar-refractivity contribution in [2.45, 2.75) is 63.5 Å². The molecule has 1 saturated heterocycles. The number of carbonyl (C=O) groups is 1. The maximum absolute atomic E-state index is 12.7. The van der Waals surface area contributed by atoms with E-state index >= 15 is 0 Å². The minimum atomic E-state index is 0.0952. The summed E-state index contributed by atoms with van der Waals surface area (Å²) in [4.78, 5) is 22.9. The summed E-state index contributed by atoms with van der Waals surface area (Å²) in [6, 6.07) is 2.32. The third-order valence-corrected chi connectivity index (χ3v) is 5.41. The minimum absolute atomic E-state index is 0.0952. The highest BCUT2D eigenvalue weighted by Gasteiger charge is 2.27. The Balaban J connectivity index is 1.46. The lowest BCUT2D eigenvalue weighted by Gasteiger charge is -2.19. The number of hydrogen-bond donors (Lipinski definition) is 2. The second kappa shape index (κ2) is 9.37. The highest BCUT2D eigenvalue weighted by Crippen LogP contribution is 2.24. The standard InChI is InChI=1S/C19H28N6O/c20-14-25-12-9-17(13-25)23-18(26)15-5-1-2-7-16(8-3-6-15)24-19-21-10-4-11-22-19/h4,10-11,15-17H,1-3,5-9,12-13H2,(H,23,26)(H,21,22,24)/t15?,16?,17-/m1/s1. The van der Waals surface area contributed by atoms with E-state index in [1.165, 1.54) is 0 Å². The van der Waals surface area contributed by atoms with E-state index in [9.17, 15) is 4.79 Å². The average molecular weight is 356 g/mol. The van der Waals surface area contributed by atoms with Gasteiger partial charge >= 0.3 is 0 Å². The third-order valence-electron chi connectivity index (χ3n) is 5.41. The molecular weight excluding hydrogens is 328 g/mol. The molecule has 7 nitrogen and oxygen atoms in total. The van der Waals surface area contributed by atoms with Crippen LogP contribution in [-0.4, -0.2) is 45.9 Å². The van der Waals surface area contributed by atoms with Crippen LogP contribution in [0.3, 0.4) is 0 Å². The maximum Gasteiger partial charge on any atom is 0.223 e. The van der Waals surface area contributed by atoms with Crippen LogP contribution in [0.4, 0.5) is 5.95 Å². The highest BCUT2D eigenvalue weighted by atomic mass is 16.1. The smallest absolute Gasteiger partial charge is 0.223 e. The Hall–Kier alpha value is -2.36. The van der Waals surface area contributed by atoms with Crippen molar-refractivity contribution in [3.8, 4) is 6.19 Å². The molecule has 1 saturated carbocycles. The number of anilines is 1. The van der Waals surface area contributed by atoms with Gasteiger partial charge in [0.1, 0.15) is 0 Å². The molecule has 2 aliphatic rings. The van der Waals surface area contributed by atoms with Gasteiger partial charge < -0.3 is 15.5 Å². The molecule has 2 fully saturated rings. The van der Waals surface area contributed by atoms with Crippen LogP contribution in [0, 0.1) is 17.4 Å². The first-order valence-electron chi connectivity index (χ1n) is 9.73. The molecule has 3 atom stereocenters. The molecule has 0 spiro atoms. The van der Waals surface area contributed by atoms with Crippen molar-refractivity contribution in [2.24, 2.45) is 5.92 Å². The molecule has 1 aliphatic heterocycles. The Bertz CT molecular complexity index is 616. The van der Waals surface area contributed by atoms with Gasteiger partial charge in [0.2, 0.25) is 11.9 Å². The molecule has 3 rings (SSSR count). The number of hydrogen-bond acceptors (Lipinski definition) is 6. The molecule has 0 aromatic carbocycles. The van der Waals surface area contributed by atoms with Crippen LogP contribution in [0.15, 0.2) is 18.5 Å². The molecule has 1 aromatic rings. The number of aromatic nitrogens is 2. The molecule has 1 aromatic heterocycles. The van der Waals surface area contributed by atoms with Gasteiger partial charge in [-0.05, 0) is 38.2 Å². The molecule has 2 unspecified atom stereocenters. The van der Waals surface area contributed by atoms with Crippen molar-refractivity contribution in [1.29, 1.82) is 5.26 Å². The largest absolute Gasteiger partial charge is 0.351 e. The molecule has 7 heteroatoms. The van der Waals surface area contributed by atoms with Crippen molar-refractivity contribution in [1.82, 2.24) is 20.2 Å². The van der Waals surface area contributed by atoms with Gasteiger partial charge in [-0.25, -0.2) is 9.97 Å². The molecule has 0 radical (unpaired) electrons. The lowest BCUT2D eigenvalue weighted by molar-refractivity contribution is -0.126. The fourth-order valence-corrected chi connectivity index (χ4v) is 3.93.